The monoisotopic (exact) mass is 214 g/mol. The maximum Gasteiger partial charge on any atom is 0.0624 e. The van der Waals surface area contributed by atoms with Gasteiger partial charge in [0.15, 0.2) is 0 Å². The molecule has 1 rings (SSSR count). The third kappa shape index (κ3) is 3.44. The molecule has 1 fully saturated rings. The summed E-state index contributed by atoms with van der Waals surface area (Å²) in [7, 11) is 2.18. The smallest absolute Gasteiger partial charge is 0.0624 e. The first-order chi connectivity index (χ1) is 6.98. The van der Waals surface area contributed by atoms with E-state index in [1.165, 1.54) is 6.42 Å². The maximum absolute atomic E-state index is 6.07. The molecule has 0 aromatic carbocycles. The topological polar surface area (TPSA) is 38.5 Å². The lowest BCUT2D eigenvalue weighted by Crippen LogP contribution is -2.46. The van der Waals surface area contributed by atoms with E-state index in [4.69, 9.17) is 10.5 Å². The second-order valence-electron chi connectivity index (χ2n) is 5.49. The SMILES string of the molecule is CCC(C)CN(C)CC1(C)COCC1N. The van der Waals surface area contributed by atoms with Crippen molar-refractivity contribution in [1.82, 2.24) is 4.90 Å². The van der Waals surface area contributed by atoms with Crippen LogP contribution >= 0.6 is 0 Å². The molecule has 0 saturated carbocycles. The van der Waals surface area contributed by atoms with Crippen molar-refractivity contribution in [1.29, 1.82) is 0 Å². The molecule has 0 bridgehead atoms. The van der Waals surface area contributed by atoms with E-state index in [-0.39, 0.29) is 11.5 Å². The van der Waals surface area contributed by atoms with E-state index in [9.17, 15) is 0 Å². The Morgan fingerprint density at radius 2 is 2.27 bits per heavy atom. The van der Waals surface area contributed by atoms with E-state index in [0.717, 1.165) is 25.6 Å². The van der Waals surface area contributed by atoms with Crippen molar-refractivity contribution < 1.29 is 4.74 Å². The molecule has 90 valence electrons. The van der Waals surface area contributed by atoms with Crippen molar-refractivity contribution in [3.8, 4) is 0 Å². The second kappa shape index (κ2) is 5.28. The van der Waals surface area contributed by atoms with Gasteiger partial charge in [-0.2, -0.15) is 0 Å². The molecule has 0 aliphatic carbocycles. The average Bonchev–Trinajstić information content (AvgIpc) is 2.46. The third-order valence-electron chi connectivity index (χ3n) is 3.58. The second-order valence-corrected chi connectivity index (χ2v) is 5.49. The first kappa shape index (κ1) is 12.9. The van der Waals surface area contributed by atoms with Gasteiger partial charge in [-0.1, -0.05) is 27.2 Å². The lowest BCUT2D eigenvalue weighted by molar-refractivity contribution is 0.124. The highest BCUT2D eigenvalue weighted by Crippen LogP contribution is 2.27. The molecule has 0 spiro atoms. The molecule has 3 unspecified atom stereocenters. The molecule has 0 aromatic rings. The highest BCUT2D eigenvalue weighted by Gasteiger charge is 2.38. The van der Waals surface area contributed by atoms with Crippen LogP contribution in [0.2, 0.25) is 0 Å². The Hall–Kier alpha value is -0.120. The van der Waals surface area contributed by atoms with E-state index in [1.54, 1.807) is 0 Å². The summed E-state index contributed by atoms with van der Waals surface area (Å²) >= 11 is 0. The Morgan fingerprint density at radius 3 is 2.73 bits per heavy atom. The Balaban J connectivity index is 2.39. The van der Waals surface area contributed by atoms with E-state index < -0.39 is 0 Å². The van der Waals surface area contributed by atoms with Crippen molar-refractivity contribution in [3.05, 3.63) is 0 Å². The van der Waals surface area contributed by atoms with E-state index in [2.05, 4.69) is 32.7 Å². The van der Waals surface area contributed by atoms with Gasteiger partial charge in [0.1, 0.15) is 0 Å². The summed E-state index contributed by atoms with van der Waals surface area (Å²) < 4.78 is 5.45. The predicted octanol–water partition coefficient (Wildman–Crippen LogP) is 1.33. The van der Waals surface area contributed by atoms with Crippen LogP contribution in [0.25, 0.3) is 0 Å². The van der Waals surface area contributed by atoms with Gasteiger partial charge < -0.3 is 15.4 Å². The zero-order chi connectivity index (χ0) is 11.5. The van der Waals surface area contributed by atoms with Crippen LogP contribution in [0.15, 0.2) is 0 Å². The fraction of sp³-hybridized carbons (Fsp3) is 1.00. The standard InChI is InChI=1S/C12H26N2O/c1-5-10(2)6-14(4)8-12(3)9-15-7-11(12)13/h10-11H,5-9,13H2,1-4H3. The quantitative estimate of drug-likeness (QED) is 0.750. The highest BCUT2D eigenvalue weighted by atomic mass is 16.5. The average molecular weight is 214 g/mol. The molecule has 3 heteroatoms. The number of nitrogens with two attached hydrogens (primary N) is 1. The molecule has 3 atom stereocenters. The Kier molecular flexibility index (Phi) is 4.56. The predicted molar refractivity (Wildman–Crippen MR) is 63.9 cm³/mol. The highest BCUT2D eigenvalue weighted by molar-refractivity contribution is 4.92. The summed E-state index contributed by atoms with van der Waals surface area (Å²) in [4.78, 5) is 2.39. The molecular formula is C12H26N2O. The van der Waals surface area contributed by atoms with Crippen LogP contribution < -0.4 is 5.73 Å². The summed E-state index contributed by atoms with van der Waals surface area (Å²) in [5.74, 6) is 0.761. The maximum atomic E-state index is 6.07. The van der Waals surface area contributed by atoms with E-state index in [1.807, 2.05) is 0 Å². The van der Waals surface area contributed by atoms with Crippen LogP contribution in [-0.4, -0.2) is 44.3 Å². The molecule has 3 nitrogen and oxygen atoms in total. The Bertz CT molecular complexity index is 198. The molecule has 15 heavy (non-hydrogen) atoms. The number of ether oxygens (including phenoxy) is 1. The van der Waals surface area contributed by atoms with Gasteiger partial charge in [0.05, 0.1) is 13.2 Å². The Morgan fingerprint density at radius 1 is 1.60 bits per heavy atom. The van der Waals surface area contributed by atoms with Crippen LogP contribution in [0.4, 0.5) is 0 Å². The lowest BCUT2D eigenvalue weighted by atomic mass is 9.85. The van der Waals surface area contributed by atoms with Gasteiger partial charge in [-0.15, -0.1) is 0 Å². The van der Waals surface area contributed by atoms with Gasteiger partial charge in [-0.05, 0) is 13.0 Å². The lowest BCUT2D eigenvalue weighted by Gasteiger charge is -2.33. The van der Waals surface area contributed by atoms with E-state index in [0.29, 0.717) is 6.61 Å². The number of nitrogens with zero attached hydrogens (tertiary/aromatic N) is 1. The van der Waals surface area contributed by atoms with Crippen molar-refractivity contribution in [2.24, 2.45) is 17.1 Å². The molecule has 0 amide bonds. The summed E-state index contributed by atoms with van der Waals surface area (Å²) in [6.45, 7) is 10.5. The first-order valence-corrected chi connectivity index (χ1v) is 6.00. The molecular weight excluding hydrogens is 188 g/mol. The number of hydrogen-bond donors (Lipinski definition) is 1. The number of hydrogen-bond acceptors (Lipinski definition) is 3. The minimum absolute atomic E-state index is 0.141. The zero-order valence-corrected chi connectivity index (χ0v) is 10.6. The normalized spacial score (nSPS) is 33.6. The molecule has 0 radical (unpaired) electrons. The minimum Gasteiger partial charge on any atom is -0.379 e. The van der Waals surface area contributed by atoms with Crippen molar-refractivity contribution >= 4 is 0 Å². The molecule has 1 aliphatic heterocycles. The summed E-state index contributed by atoms with van der Waals surface area (Å²) in [6.07, 6.45) is 1.24. The number of rotatable bonds is 5. The van der Waals surface area contributed by atoms with Crippen molar-refractivity contribution in [3.63, 3.8) is 0 Å². The Labute approximate surface area is 94.0 Å². The summed E-state index contributed by atoms with van der Waals surface area (Å²) in [5.41, 5.74) is 6.21. The zero-order valence-electron chi connectivity index (χ0n) is 10.6. The van der Waals surface area contributed by atoms with Crippen LogP contribution in [0.3, 0.4) is 0 Å². The fourth-order valence-corrected chi connectivity index (χ4v) is 2.23. The largest absolute Gasteiger partial charge is 0.379 e. The van der Waals surface area contributed by atoms with Crippen LogP contribution in [-0.2, 0) is 4.74 Å². The third-order valence-corrected chi connectivity index (χ3v) is 3.58. The fourth-order valence-electron chi connectivity index (χ4n) is 2.23. The molecule has 2 N–H and O–H groups in total. The van der Waals surface area contributed by atoms with Gasteiger partial charge >= 0.3 is 0 Å². The van der Waals surface area contributed by atoms with Gasteiger partial charge in [0.25, 0.3) is 0 Å². The summed E-state index contributed by atoms with van der Waals surface area (Å²) in [6, 6.07) is 0.192. The van der Waals surface area contributed by atoms with Gasteiger partial charge in [0, 0.05) is 24.5 Å². The molecule has 1 heterocycles. The molecule has 1 saturated heterocycles. The van der Waals surface area contributed by atoms with E-state index >= 15 is 0 Å². The molecule has 1 aliphatic rings. The van der Waals surface area contributed by atoms with Crippen LogP contribution in [0.1, 0.15) is 27.2 Å². The van der Waals surface area contributed by atoms with Crippen LogP contribution in [0, 0.1) is 11.3 Å². The minimum atomic E-state index is 0.141. The van der Waals surface area contributed by atoms with Gasteiger partial charge in [0.2, 0.25) is 0 Å². The van der Waals surface area contributed by atoms with Gasteiger partial charge in [-0.3, -0.25) is 0 Å². The van der Waals surface area contributed by atoms with Crippen molar-refractivity contribution in [2.75, 3.05) is 33.4 Å². The molecule has 0 aromatic heterocycles. The van der Waals surface area contributed by atoms with Gasteiger partial charge in [-0.25, -0.2) is 0 Å². The summed E-state index contributed by atoms with van der Waals surface area (Å²) in [5, 5.41) is 0. The van der Waals surface area contributed by atoms with Crippen molar-refractivity contribution in [2.45, 2.75) is 33.2 Å². The van der Waals surface area contributed by atoms with Crippen LogP contribution in [0.5, 0.6) is 0 Å². The first-order valence-electron chi connectivity index (χ1n) is 6.00.